The van der Waals surface area contributed by atoms with Gasteiger partial charge in [0.1, 0.15) is 12.9 Å². The summed E-state index contributed by atoms with van der Waals surface area (Å²) in [5.41, 5.74) is 0.140. The van der Waals surface area contributed by atoms with Crippen LogP contribution in [0.5, 0.6) is 0 Å². The summed E-state index contributed by atoms with van der Waals surface area (Å²) in [5.74, 6) is -0.241. The fraction of sp³-hybridized carbons (Fsp3) is 0.762. The molecule has 0 aromatic heterocycles. The molecule has 5 nitrogen and oxygen atoms in total. The van der Waals surface area contributed by atoms with Gasteiger partial charge in [-0.25, -0.2) is 0 Å². The van der Waals surface area contributed by atoms with Crippen LogP contribution in [0.15, 0.2) is 11.6 Å². The third kappa shape index (κ3) is 2.94. The van der Waals surface area contributed by atoms with Gasteiger partial charge in [-0.05, 0) is 67.8 Å². The molecule has 0 amide bonds. The molecule has 148 valence electrons. The number of aliphatic hydroxyl groups is 2. The normalized spacial score (nSPS) is 45.7. The standard InChI is InChI=1S/C21H28O5.Pb.2H/c1-20-7-6-13(24)8-12(20)2-3-14-15-4-5-16(18(26)10-22)21(15,11-23)9-17(25)19(14)20;;;/h8,11,14-17,19,22,25H,2-7,9-10H2,1H3;;;/t14-,15-,16+,17-,19+,20-,21+;;;/m0.../s1. The molecule has 0 spiro atoms. The minimum atomic E-state index is -0.831. The number of carbonyl (C=O) groups excluding carboxylic acids is 3. The van der Waals surface area contributed by atoms with Gasteiger partial charge in [0.25, 0.3) is 0 Å². The molecule has 0 aliphatic heterocycles. The molecule has 4 rings (SSSR count). The quantitative estimate of drug-likeness (QED) is 0.390. The summed E-state index contributed by atoms with van der Waals surface area (Å²) < 4.78 is 0. The SMILES string of the molecule is C[C@]12CCC(=O)C=C1CC[C@@H]1[C@@H]2[C@@H](O)C[C@]2(C=O)[C@@H](C(=O)CO)CC[C@@H]12.[PbH2]. The van der Waals surface area contributed by atoms with Crippen LogP contribution in [0.4, 0.5) is 0 Å². The van der Waals surface area contributed by atoms with Gasteiger partial charge in [-0.3, -0.25) is 9.59 Å². The second-order valence-electron chi connectivity index (χ2n) is 9.14. The summed E-state index contributed by atoms with van der Waals surface area (Å²) in [6.07, 6.45) is 6.75. The third-order valence-electron chi connectivity index (χ3n) is 8.27. The molecule has 3 fully saturated rings. The van der Waals surface area contributed by atoms with Gasteiger partial charge in [0.2, 0.25) is 0 Å². The molecule has 0 saturated heterocycles. The number of Topliss-reactive ketones (excluding diaryl/α,β-unsaturated/α-hetero) is 1. The summed E-state index contributed by atoms with van der Waals surface area (Å²) >= 11 is 0. The van der Waals surface area contributed by atoms with E-state index < -0.39 is 24.0 Å². The molecule has 0 bridgehead atoms. The van der Waals surface area contributed by atoms with Crippen molar-refractivity contribution in [1.29, 1.82) is 0 Å². The van der Waals surface area contributed by atoms with Gasteiger partial charge in [-0.15, -0.1) is 0 Å². The minimum absolute atomic E-state index is 0. The summed E-state index contributed by atoms with van der Waals surface area (Å²) in [6.45, 7) is 1.63. The Hall–Kier alpha value is -0.408. The van der Waals surface area contributed by atoms with E-state index in [1.54, 1.807) is 6.08 Å². The van der Waals surface area contributed by atoms with Crippen molar-refractivity contribution >= 4 is 45.2 Å². The number of aldehydes is 1. The number of hydrogen-bond donors (Lipinski definition) is 2. The van der Waals surface area contributed by atoms with Crippen LogP contribution in [0.2, 0.25) is 0 Å². The van der Waals surface area contributed by atoms with Gasteiger partial charge in [0, 0.05) is 17.8 Å². The molecule has 7 atom stereocenters. The fourth-order valence-electron chi connectivity index (χ4n) is 7.18. The number of aliphatic hydroxyl groups excluding tert-OH is 2. The Bertz CT molecular complexity index is 688. The van der Waals surface area contributed by atoms with Gasteiger partial charge in [-0.2, -0.15) is 0 Å². The van der Waals surface area contributed by atoms with E-state index in [4.69, 9.17) is 0 Å². The van der Waals surface area contributed by atoms with Gasteiger partial charge in [-0.1, -0.05) is 12.5 Å². The van der Waals surface area contributed by atoms with E-state index in [1.165, 1.54) is 0 Å². The van der Waals surface area contributed by atoms with Crippen molar-refractivity contribution in [2.45, 2.75) is 58.0 Å². The van der Waals surface area contributed by atoms with Gasteiger partial charge in [0.05, 0.1) is 6.10 Å². The molecule has 2 radical (unpaired) electrons. The van der Waals surface area contributed by atoms with Crippen LogP contribution in [-0.2, 0) is 14.4 Å². The first-order valence-corrected chi connectivity index (χ1v) is 9.89. The van der Waals surface area contributed by atoms with Gasteiger partial charge >= 0.3 is 27.3 Å². The van der Waals surface area contributed by atoms with E-state index in [0.717, 1.165) is 37.5 Å². The molecule has 4 aliphatic rings. The van der Waals surface area contributed by atoms with Crippen LogP contribution in [0.25, 0.3) is 0 Å². The summed E-state index contributed by atoms with van der Waals surface area (Å²) in [7, 11) is 0. The molecule has 0 aromatic carbocycles. The molecule has 27 heavy (non-hydrogen) atoms. The zero-order chi connectivity index (χ0) is 18.7. The first-order chi connectivity index (χ1) is 12.4. The number of allylic oxidation sites excluding steroid dienone is 1. The fourth-order valence-corrected chi connectivity index (χ4v) is 7.18. The number of fused-ring (bicyclic) bond motifs is 5. The van der Waals surface area contributed by atoms with Crippen molar-refractivity contribution in [2.75, 3.05) is 6.61 Å². The Morgan fingerprint density at radius 3 is 2.70 bits per heavy atom. The summed E-state index contributed by atoms with van der Waals surface area (Å²) in [6, 6.07) is 0. The number of carbonyl (C=O) groups is 3. The number of rotatable bonds is 3. The Morgan fingerprint density at radius 1 is 1.30 bits per heavy atom. The van der Waals surface area contributed by atoms with E-state index in [1.807, 2.05) is 0 Å². The first kappa shape index (κ1) is 21.3. The Balaban J connectivity index is 0.00000210. The third-order valence-corrected chi connectivity index (χ3v) is 8.27. The van der Waals surface area contributed by atoms with Crippen LogP contribution in [0.3, 0.4) is 0 Å². The second-order valence-corrected chi connectivity index (χ2v) is 9.14. The van der Waals surface area contributed by atoms with Crippen molar-refractivity contribution in [2.24, 2.45) is 34.5 Å². The summed E-state index contributed by atoms with van der Waals surface area (Å²) in [5, 5.41) is 20.5. The molecular formula is C21H30O5Pb. The first-order valence-electron chi connectivity index (χ1n) is 9.89. The zero-order valence-corrected chi connectivity index (χ0v) is 21.5. The van der Waals surface area contributed by atoms with Gasteiger partial charge in [0.15, 0.2) is 11.6 Å². The van der Waals surface area contributed by atoms with E-state index in [0.29, 0.717) is 19.3 Å². The zero-order valence-electron chi connectivity index (χ0n) is 16.0. The Morgan fingerprint density at radius 2 is 2.04 bits per heavy atom. The molecule has 3 saturated carbocycles. The van der Waals surface area contributed by atoms with Crippen molar-refractivity contribution < 1.29 is 24.6 Å². The van der Waals surface area contributed by atoms with E-state index in [9.17, 15) is 24.6 Å². The molecule has 0 heterocycles. The topological polar surface area (TPSA) is 91.7 Å². The van der Waals surface area contributed by atoms with E-state index in [-0.39, 0.29) is 62.0 Å². The van der Waals surface area contributed by atoms with Crippen molar-refractivity contribution in [1.82, 2.24) is 0 Å². The van der Waals surface area contributed by atoms with Crippen LogP contribution in [0.1, 0.15) is 51.9 Å². The van der Waals surface area contributed by atoms with Crippen LogP contribution >= 0.6 is 0 Å². The summed E-state index contributed by atoms with van der Waals surface area (Å²) in [4.78, 5) is 36.4. The number of ketones is 2. The Kier molecular flexibility index (Phi) is 5.88. The molecule has 0 aromatic rings. The number of hydrogen-bond acceptors (Lipinski definition) is 5. The molecule has 6 heteroatoms. The van der Waals surface area contributed by atoms with Crippen LogP contribution in [0, 0.1) is 34.5 Å². The monoisotopic (exact) mass is 570 g/mol. The molecular weight excluding hydrogens is 539 g/mol. The van der Waals surface area contributed by atoms with Crippen LogP contribution in [-0.4, -0.2) is 68.1 Å². The van der Waals surface area contributed by atoms with Gasteiger partial charge < -0.3 is 15.0 Å². The Labute approximate surface area is 180 Å². The molecule has 0 unspecified atom stereocenters. The van der Waals surface area contributed by atoms with Crippen LogP contribution < -0.4 is 0 Å². The average Bonchev–Trinajstić information content (AvgIpc) is 3.00. The van der Waals surface area contributed by atoms with E-state index >= 15 is 0 Å². The maximum absolute atomic E-state index is 12.3. The second kappa shape index (κ2) is 7.45. The average molecular weight is 570 g/mol. The predicted molar refractivity (Wildman–Crippen MR) is 103 cm³/mol. The van der Waals surface area contributed by atoms with Crippen molar-refractivity contribution in [3.63, 3.8) is 0 Å². The predicted octanol–water partition coefficient (Wildman–Crippen LogP) is 0.929. The van der Waals surface area contributed by atoms with Crippen molar-refractivity contribution in [3.05, 3.63) is 11.6 Å². The molecule has 4 aliphatic carbocycles. The maximum atomic E-state index is 12.3. The van der Waals surface area contributed by atoms with Crippen molar-refractivity contribution in [3.8, 4) is 0 Å². The molecule has 2 N–H and O–H groups in total. The van der Waals surface area contributed by atoms with E-state index in [2.05, 4.69) is 6.92 Å².